The van der Waals surface area contributed by atoms with Crippen molar-refractivity contribution in [3.05, 3.63) is 35.4 Å². The maximum atomic E-state index is 12.1. The van der Waals surface area contributed by atoms with E-state index in [1.54, 1.807) is 6.07 Å². The molecule has 1 aliphatic rings. The van der Waals surface area contributed by atoms with E-state index >= 15 is 0 Å². The number of rotatable bonds is 3. The van der Waals surface area contributed by atoms with Crippen molar-refractivity contribution in [3.8, 4) is 0 Å². The number of aliphatic imine (C=N–C) groups is 1. The maximum Gasteiger partial charge on any atom is 0.264 e. The molecular weight excluding hydrogens is 242 g/mol. The number of nitrogens with two attached hydrogens (primary N) is 1. The van der Waals surface area contributed by atoms with Gasteiger partial charge in [-0.2, -0.15) is 4.99 Å². The second-order valence-electron chi connectivity index (χ2n) is 4.69. The maximum absolute atomic E-state index is 12.1. The molecule has 0 saturated heterocycles. The Morgan fingerprint density at radius 2 is 2.16 bits per heavy atom. The summed E-state index contributed by atoms with van der Waals surface area (Å²) in [5.74, 6) is -1.41. The molecule has 100 valence electrons. The van der Waals surface area contributed by atoms with Crippen molar-refractivity contribution < 1.29 is 9.59 Å². The molecule has 0 bridgehead atoms. The van der Waals surface area contributed by atoms with Crippen LogP contribution in [0.1, 0.15) is 30.4 Å². The Kier molecular flexibility index (Phi) is 3.76. The summed E-state index contributed by atoms with van der Waals surface area (Å²) in [4.78, 5) is 28.0. The van der Waals surface area contributed by atoms with Crippen molar-refractivity contribution in [2.45, 2.75) is 32.2 Å². The Hall–Kier alpha value is -2.01. The van der Waals surface area contributed by atoms with E-state index in [1.807, 2.05) is 32.0 Å². The predicted octanol–water partition coefficient (Wildman–Crippen LogP) is 0.871. The molecule has 1 heterocycles. The van der Waals surface area contributed by atoms with Crippen LogP contribution in [0.15, 0.2) is 29.3 Å². The molecule has 0 spiro atoms. The van der Waals surface area contributed by atoms with Crippen LogP contribution in [0.4, 0.5) is 0 Å². The molecule has 0 aromatic heterocycles. The number of carbonyl (C=O) groups is 2. The number of aryl methyl sites for hydroxylation is 1. The second-order valence-corrected chi connectivity index (χ2v) is 4.69. The van der Waals surface area contributed by atoms with E-state index in [2.05, 4.69) is 10.3 Å². The van der Waals surface area contributed by atoms with E-state index in [1.165, 1.54) is 0 Å². The Balaban J connectivity index is 2.33. The highest BCUT2D eigenvalue weighted by molar-refractivity contribution is 6.20. The molecule has 2 atom stereocenters. The zero-order valence-corrected chi connectivity index (χ0v) is 11.0. The van der Waals surface area contributed by atoms with Crippen LogP contribution in [0, 0.1) is 6.92 Å². The van der Waals surface area contributed by atoms with Gasteiger partial charge in [0.2, 0.25) is 5.91 Å². The molecule has 1 aromatic rings. The first-order chi connectivity index (χ1) is 9.02. The number of amides is 2. The third kappa shape index (κ3) is 2.71. The first kappa shape index (κ1) is 13.4. The minimum absolute atomic E-state index is 0.265. The second kappa shape index (κ2) is 5.32. The molecular formula is C14H17N3O2. The van der Waals surface area contributed by atoms with Gasteiger partial charge in [0.15, 0.2) is 0 Å². The SMILES string of the molecule is CCC(N)C1=NC(=O)C(c2cccc(C)c2)C(=O)N1. The highest BCUT2D eigenvalue weighted by Crippen LogP contribution is 2.21. The van der Waals surface area contributed by atoms with Gasteiger partial charge in [-0.15, -0.1) is 0 Å². The fourth-order valence-corrected chi connectivity index (χ4v) is 2.03. The standard InChI is InChI=1S/C14H17N3O2/c1-3-10(15)12-16-13(18)11(14(19)17-12)9-6-4-5-8(2)7-9/h4-7,10-11H,3,15H2,1-2H3,(H,16,17,18,19). The molecule has 19 heavy (non-hydrogen) atoms. The number of amidine groups is 1. The quantitative estimate of drug-likeness (QED) is 0.790. The topological polar surface area (TPSA) is 84.5 Å². The lowest BCUT2D eigenvalue weighted by Gasteiger charge is -2.23. The van der Waals surface area contributed by atoms with Gasteiger partial charge in [0.05, 0.1) is 6.04 Å². The fourth-order valence-electron chi connectivity index (χ4n) is 2.03. The Morgan fingerprint density at radius 1 is 1.42 bits per heavy atom. The molecule has 0 radical (unpaired) electrons. The van der Waals surface area contributed by atoms with Gasteiger partial charge in [0.1, 0.15) is 11.8 Å². The summed E-state index contributed by atoms with van der Waals surface area (Å²) >= 11 is 0. The summed E-state index contributed by atoms with van der Waals surface area (Å²) in [6, 6.07) is 6.91. The Labute approximate surface area is 111 Å². The average molecular weight is 259 g/mol. The van der Waals surface area contributed by atoms with Crippen molar-refractivity contribution in [1.29, 1.82) is 0 Å². The van der Waals surface area contributed by atoms with Crippen LogP contribution in [0.3, 0.4) is 0 Å². The lowest BCUT2D eigenvalue weighted by molar-refractivity contribution is -0.129. The summed E-state index contributed by atoms with van der Waals surface area (Å²) in [5.41, 5.74) is 7.44. The molecule has 5 nitrogen and oxygen atoms in total. The number of hydrogen-bond donors (Lipinski definition) is 2. The van der Waals surface area contributed by atoms with Gasteiger partial charge in [-0.25, -0.2) is 0 Å². The summed E-state index contributed by atoms with van der Waals surface area (Å²) in [7, 11) is 0. The van der Waals surface area contributed by atoms with E-state index in [0.29, 0.717) is 12.0 Å². The van der Waals surface area contributed by atoms with Gasteiger partial charge in [0, 0.05) is 0 Å². The van der Waals surface area contributed by atoms with E-state index < -0.39 is 17.9 Å². The van der Waals surface area contributed by atoms with E-state index in [4.69, 9.17) is 5.73 Å². The highest BCUT2D eigenvalue weighted by atomic mass is 16.2. The number of hydrogen-bond acceptors (Lipinski definition) is 3. The molecule has 3 N–H and O–H groups in total. The molecule has 2 rings (SSSR count). The molecule has 0 saturated carbocycles. The molecule has 5 heteroatoms. The molecule has 0 fully saturated rings. The van der Waals surface area contributed by atoms with Crippen LogP contribution >= 0.6 is 0 Å². The molecule has 2 unspecified atom stereocenters. The van der Waals surface area contributed by atoms with E-state index in [9.17, 15) is 9.59 Å². The van der Waals surface area contributed by atoms with Crippen LogP contribution in [0.5, 0.6) is 0 Å². The van der Waals surface area contributed by atoms with Gasteiger partial charge in [-0.3, -0.25) is 9.59 Å². The van der Waals surface area contributed by atoms with Crippen LogP contribution < -0.4 is 11.1 Å². The van der Waals surface area contributed by atoms with Crippen molar-refractivity contribution in [1.82, 2.24) is 5.32 Å². The number of nitrogens with zero attached hydrogens (tertiary/aromatic N) is 1. The number of nitrogens with one attached hydrogen (secondary N) is 1. The van der Waals surface area contributed by atoms with E-state index in [-0.39, 0.29) is 11.7 Å². The third-order valence-electron chi connectivity index (χ3n) is 3.16. The molecule has 1 aliphatic heterocycles. The normalized spacial score (nSPS) is 20.8. The lowest BCUT2D eigenvalue weighted by Crippen LogP contribution is -2.50. The van der Waals surface area contributed by atoms with Crippen LogP contribution in [0.2, 0.25) is 0 Å². The lowest BCUT2D eigenvalue weighted by atomic mass is 9.94. The summed E-state index contributed by atoms with van der Waals surface area (Å²) in [6.45, 7) is 3.78. The van der Waals surface area contributed by atoms with Crippen molar-refractivity contribution in [3.63, 3.8) is 0 Å². The Morgan fingerprint density at radius 3 is 2.74 bits per heavy atom. The number of benzene rings is 1. The fraction of sp³-hybridized carbons (Fsp3) is 0.357. The van der Waals surface area contributed by atoms with Crippen molar-refractivity contribution in [2.24, 2.45) is 10.7 Å². The van der Waals surface area contributed by atoms with Gasteiger partial charge < -0.3 is 11.1 Å². The van der Waals surface area contributed by atoms with Gasteiger partial charge in [-0.1, -0.05) is 36.8 Å². The zero-order valence-electron chi connectivity index (χ0n) is 11.0. The smallest absolute Gasteiger partial charge is 0.264 e. The zero-order chi connectivity index (χ0) is 14.0. The van der Waals surface area contributed by atoms with Crippen LogP contribution in [-0.2, 0) is 9.59 Å². The van der Waals surface area contributed by atoms with E-state index in [0.717, 1.165) is 5.56 Å². The van der Waals surface area contributed by atoms with Crippen molar-refractivity contribution >= 4 is 17.6 Å². The largest absolute Gasteiger partial charge is 0.321 e. The molecule has 2 amide bonds. The molecule has 0 aliphatic carbocycles. The minimum Gasteiger partial charge on any atom is -0.321 e. The first-order valence-corrected chi connectivity index (χ1v) is 6.28. The summed E-state index contributed by atoms with van der Waals surface area (Å²) in [5, 5.41) is 2.63. The molecule has 1 aromatic carbocycles. The van der Waals surface area contributed by atoms with Crippen LogP contribution in [-0.4, -0.2) is 23.7 Å². The first-order valence-electron chi connectivity index (χ1n) is 6.28. The Bertz CT molecular complexity index is 551. The van der Waals surface area contributed by atoms with Gasteiger partial charge in [-0.05, 0) is 18.9 Å². The highest BCUT2D eigenvalue weighted by Gasteiger charge is 2.34. The predicted molar refractivity (Wildman–Crippen MR) is 72.8 cm³/mol. The monoisotopic (exact) mass is 259 g/mol. The van der Waals surface area contributed by atoms with Crippen LogP contribution in [0.25, 0.3) is 0 Å². The van der Waals surface area contributed by atoms with Crippen molar-refractivity contribution in [2.75, 3.05) is 0 Å². The van der Waals surface area contributed by atoms with Gasteiger partial charge in [0.25, 0.3) is 5.91 Å². The van der Waals surface area contributed by atoms with Gasteiger partial charge >= 0.3 is 0 Å². The number of carbonyl (C=O) groups excluding carboxylic acids is 2. The summed E-state index contributed by atoms with van der Waals surface area (Å²) < 4.78 is 0. The average Bonchev–Trinajstić information content (AvgIpc) is 2.37. The summed E-state index contributed by atoms with van der Waals surface area (Å²) in [6.07, 6.45) is 0.613. The third-order valence-corrected chi connectivity index (χ3v) is 3.16. The minimum atomic E-state index is -0.868.